The number of amides is 1. The van der Waals surface area contributed by atoms with Gasteiger partial charge in [0.1, 0.15) is 11.6 Å². The average Bonchev–Trinajstić information content (AvgIpc) is 2.32. The molecule has 0 aliphatic carbocycles. The van der Waals surface area contributed by atoms with Gasteiger partial charge in [-0.25, -0.2) is 8.78 Å². The molecule has 0 aliphatic heterocycles. The van der Waals surface area contributed by atoms with Gasteiger partial charge in [-0.15, -0.1) is 11.6 Å². The van der Waals surface area contributed by atoms with Gasteiger partial charge in [0.25, 0.3) is 6.36 Å². The van der Waals surface area contributed by atoms with Crippen LogP contribution >= 0.6 is 23.2 Å². The number of hydrogen-bond acceptors (Lipinski definition) is 2. The second kappa shape index (κ2) is 6.70. The Hall–Kier alpha value is -1.14. The molecule has 1 aromatic rings. The maximum Gasteiger partial charge on any atom is 0.304 e. The van der Waals surface area contributed by atoms with Crippen molar-refractivity contribution in [2.75, 3.05) is 11.2 Å². The largest absolute Gasteiger partial charge is 0.452 e. The predicted octanol–water partition coefficient (Wildman–Crippen LogP) is 3.46. The summed E-state index contributed by atoms with van der Waals surface area (Å²) in [4.78, 5) is 11.1. The van der Waals surface area contributed by atoms with Crippen molar-refractivity contribution in [3.8, 4) is 5.75 Å². The number of anilines is 1. The molecule has 1 rings (SSSR count). The standard InChI is InChI=1S/C10H8Cl2F3NO2/c11-4-8(17)16-6-3-5(12)1-2-7(6)18-10(15)9(13)14/h1-3,9-10H,4H2,(H,16,17). The smallest absolute Gasteiger partial charge is 0.304 e. The van der Waals surface area contributed by atoms with Crippen LogP contribution in [0.4, 0.5) is 18.9 Å². The molecular weight excluding hydrogens is 294 g/mol. The zero-order valence-electron chi connectivity index (χ0n) is 8.80. The van der Waals surface area contributed by atoms with Crippen molar-refractivity contribution in [2.24, 2.45) is 0 Å². The number of carbonyl (C=O) groups is 1. The second-order valence-electron chi connectivity index (χ2n) is 3.13. The van der Waals surface area contributed by atoms with E-state index in [2.05, 4.69) is 10.1 Å². The Morgan fingerprint density at radius 3 is 2.61 bits per heavy atom. The van der Waals surface area contributed by atoms with Gasteiger partial charge in [0.15, 0.2) is 0 Å². The SMILES string of the molecule is O=C(CCl)Nc1cc(Cl)ccc1OC(F)C(F)F. The quantitative estimate of drug-likeness (QED) is 0.846. The molecule has 0 aliphatic rings. The summed E-state index contributed by atoms with van der Waals surface area (Å²) in [5.41, 5.74) is -0.0311. The fourth-order valence-corrected chi connectivity index (χ4v) is 1.30. The van der Waals surface area contributed by atoms with E-state index in [-0.39, 0.29) is 22.3 Å². The lowest BCUT2D eigenvalue weighted by Crippen LogP contribution is -2.21. The number of nitrogens with one attached hydrogen (secondary N) is 1. The number of ether oxygens (including phenoxy) is 1. The molecule has 0 fully saturated rings. The zero-order valence-corrected chi connectivity index (χ0v) is 10.3. The molecular formula is C10H8Cl2F3NO2. The van der Waals surface area contributed by atoms with Crippen molar-refractivity contribution >= 4 is 34.8 Å². The summed E-state index contributed by atoms with van der Waals surface area (Å²) in [6.07, 6.45) is -6.09. The van der Waals surface area contributed by atoms with E-state index in [1.54, 1.807) is 0 Å². The van der Waals surface area contributed by atoms with Crippen molar-refractivity contribution < 1.29 is 22.7 Å². The molecule has 8 heteroatoms. The van der Waals surface area contributed by atoms with Gasteiger partial charge in [-0.2, -0.15) is 4.39 Å². The first-order chi connectivity index (χ1) is 8.43. The van der Waals surface area contributed by atoms with Crippen molar-refractivity contribution in [3.63, 3.8) is 0 Å². The number of hydrogen-bond donors (Lipinski definition) is 1. The second-order valence-corrected chi connectivity index (χ2v) is 3.83. The van der Waals surface area contributed by atoms with Crippen LogP contribution in [0.1, 0.15) is 0 Å². The summed E-state index contributed by atoms with van der Waals surface area (Å²) in [6, 6.07) is 3.71. The number of benzene rings is 1. The summed E-state index contributed by atoms with van der Waals surface area (Å²) < 4.78 is 41.2. The van der Waals surface area contributed by atoms with Gasteiger partial charge < -0.3 is 10.1 Å². The maximum absolute atomic E-state index is 12.8. The van der Waals surface area contributed by atoms with Crippen LogP contribution in [0, 0.1) is 0 Å². The number of alkyl halides is 4. The van der Waals surface area contributed by atoms with Crippen LogP contribution in [0.2, 0.25) is 5.02 Å². The van der Waals surface area contributed by atoms with Crippen LogP contribution in [-0.2, 0) is 4.79 Å². The molecule has 1 aromatic carbocycles. The summed E-state index contributed by atoms with van der Waals surface area (Å²) in [6.45, 7) is 0. The average molecular weight is 302 g/mol. The molecule has 18 heavy (non-hydrogen) atoms. The number of carbonyl (C=O) groups excluding carboxylic acids is 1. The maximum atomic E-state index is 12.8. The summed E-state index contributed by atoms with van der Waals surface area (Å²) >= 11 is 10.9. The molecule has 100 valence electrons. The molecule has 3 nitrogen and oxygen atoms in total. The first-order valence-corrected chi connectivity index (χ1v) is 5.59. The third-order valence-corrected chi connectivity index (χ3v) is 2.25. The van der Waals surface area contributed by atoms with E-state index in [1.807, 2.05) is 0 Å². The molecule has 0 saturated carbocycles. The van der Waals surface area contributed by atoms with Crippen LogP contribution in [-0.4, -0.2) is 24.6 Å². The molecule has 0 saturated heterocycles. The Kier molecular flexibility index (Phi) is 5.55. The Morgan fingerprint density at radius 2 is 2.06 bits per heavy atom. The van der Waals surface area contributed by atoms with E-state index in [0.717, 1.165) is 0 Å². The highest BCUT2D eigenvalue weighted by atomic mass is 35.5. The van der Waals surface area contributed by atoms with Gasteiger partial charge in [0.2, 0.25) is 5.91 Å². The normalized spacial score (nSPS) is 12.3. The van der Waals surface area contributed by atoms with Crippen LogP contribution < -0.4 is 10.1 Å². The molecule has 0 aromatic heterocycles. The van der Waals surface area contributed by atoms with Crippen molar-refractivity contribution in [2.45, 2.75) is 12.8 Å². The van der Waals surface area contributed by atoms with Crippen molar-refractivity contribution in [1.82, 2.24) is 0 Å². The molecule has 0 radical (unpaired) electrons. The highest BCUT2D eigenvalue weighted by molar-refractivity contribution is 6.31. The van der Waals surface area contributed by atoms with Gasteiger partial charge in [0.05, 0.1) is 5.69 Å². The van der Waals surface area contributed by atoms with Crippen LogP contribution in [0.3, 0.4) is 0 Å². The summed E-state index contributed by atoms with van der Waals surface area (Å²) in [7, 11) is 0. The minimum atomic E-state index is -3.29. The van der Waals surface area contributed by atoms with Gasteiger partial charge in [-0.1, -0.05) is 11.6 Å². The highest BCUT2D eigenvalue weighted by Crippen LogP contribution is 2.30. The topological polar surface area (TPSA) is 38.3 Å². The Balaban J connectivity index is 2.92. The third kappa shape index (κ3) is 4.27. The first-order valence-electron chi connectivity index (χ1n) is 4.68. The lowest BCUT2D eigenvalue weighted by Gasteiger charge is -2.14. The minimum absolute atomic E-state index is 0.0311. The van der Waals surface area contributed by atoms with Crippen molar-refractivity contribution in [3.05, 3.63) is 23.2 Å². The van der Waals surface area contributed by atoms with Crippen LogP contribution in [0.5, 0.6) is 5.75 Å². The minimum Gasteiger partial charge on any atom is -0.452 e. The zero-order chi connectivity index (χ0) is 13.7. The van der Waals surface area contributed by atoms with E-state index in [1.165, 1.54) is 18.2 Å². The highest BCUT2D eigenvalue weighted by Gasteiger charge is 2.22. The Morgan fingerprint density at radius 1 is 1.39 bits per heavy atom. The van der Waals surface area contributed by atoms with E-state index >= 15 is 0 Å². The van der Waals surface area contributed by atoms with Gasteiger partial charge in [-0.3, -0.25) is 4.79 Å². The van der Waals surface area contributed by atoms with E-state index < -0.39 is 18.7 Å². The van der Waals surface area contributed by atoms with E-state index in [0.29, 0.717) is 0 Å². The van der Waals surface area contributed by atoms with Gasteiger partial charge in [0, 0.05) is 5.02 Å². The lowest BCUT2D eigenvalue weighted by atomic mass is 10.3. The monoisotopic (exact) mass is 301 g/mol. The molecule has 1 amide bonds. The fourth-order valence-electron chi connectivity index (χ4n) is 1.06. The summed E-state index contributed by atoms with van der Waals surface area (Å²) in [5.74, 6) is -1.21. The molecule has 0 spiro atoms. The van der Waals surface area contributed by atoms with Crippen LogP contribution in [0.25, 0.3) is 0 Å². The molecule has 1 N–H and O–H groups in total. The van der Waals surface area contributed by atoms with E-state index in [4.69, 9.17) is 23.2 Å². The summed E-state index contributed by atoms with van der Waals surface area (Å²) in [5, 5.41) is 2.48. The molecule has 0 heterocycles. The molecule has 1 unspecified atom stereocenters. The Labute approximate surface area is 111 Å². The predicted molar refractivity (Wildman–Crippen MR) is 62.3 cm³/mol. The first kappa shape index (κ1) is 14.9. The van der Waals surface area contributed by atoms with Crippen molar-refractivity contribution in [1.29, 1.82) is 0 Å². The molecule has 0 bridgehead atoms. The number of rotatable bonds is 5. The fraction of sp³-hybridized carbons (Fsp3) is 0.300. The van der Waals surface area contributed by atoms with E-state index in [9.17, 15) is 18.0 Å². The lowest BCUT2D eigenvalue weighted by molar-refractivity contribution is -0.114. The van der Waals surface area contributed by atoms with Gasteiger partial charge >= 0.3 is 6.43 Å². The Bertz CT molecular complexity index is 432. The third-order valence-electron chi connectivity index (χ3n) is 1.77. The van der Waals surface area contributed by atoms with Gasteiger partial charge in [-0.05, 0) is 18.2 Å². The number of halogens is 5. The van der Waals surface area contributed by atoms with Crippen LogP contribution in [0.15, 0.2) is 18.2 Å². The molecule has 1 atom stereocenters.